The molecule has 1 N–H and O–H groups in total. The topological polar surface area (TPSA) is 38.3 Å². The number of carbonyl (C=O) groups is 1. The summed E-state index contributed by atoms with van der Waals surface area (Å²) in [4.78, 5) is 10.1. The van der Waals surface area contributed by atoms with Crippen LogP contribution in [-0.4, -0.2) is 13.0 Å². The van der Waals surface area contributed by atoms with Gasteiger partial charge >= 0.3 is 0 Å². The number of ether oxygens (including phenoxy) is 1. The van der Waals surface area contributed by atoms with Crippen LogP contribution in [0.25, 0.3) is 0 Å². The van der Waals surface area contributed by atoms with Crippen molar-refractivity contribution in [2.75, 3.05) is 11.9 Å². The Kier molecular flexibility index (Phi) is 3.82. The first-order valence-corrected chi connectivity index (χ1v) is 4.30. The third kappa shape index (κ3) is 3.15. The first-order chi connectivity index (χ1) is 6.36. The maximum atomic E-state index is 10.1. The molecule has 0 unspecified atom stereocenters. The quantitative estimate of drug-likeness (QED) is 0.702. The predicted molar refractivity (Wildman–Crippen MR) is 51.9 cm³/mol. The fraction of sp³-hybridized carbons (Fsp3) is 0.300. The van der Waals surface area contributed by atoms with E-state index < -0.39 is 0 Å². The molecule has 1 aromatic carbocycles. The molecule has 0 heterocycles. The monoisotopic (exact) mass is 179 g/mol. The Morgan fingerprint density at radius 3 is 3.08 bits per heavy atom. The number of amides is 1. The van der Waals surface area contributed by atoms with Crippen LogP contribution >= 0.6 is 0 Å². The van der Waals surface area contributed by atoms with Gasteiger partial charge in [0.2, 0.25) is 6.41 Å². The lowest BCUT2D eigenvalue weighted by atomic mass is 10.3. The van der Waals surface area contributed by atoms with Gasteiger partial charge in [0, 0.05) is 11.8 Å². The fourth-order valence-corrected chi connectivity index (χ4v) is 0.964. The van der Waals surface area contributed by atoms with Crippen LogP contribution in [0, 0.1) is 0 Å². The van der Waals surface area contributed by atoms with Gasteiger partial charge in [-0.15, -0.1) is 0 Å². The number of nitrogens with one attached hydrogen (secondary N) is 1. The minimum Gasteiger partial charge on any atom is -0.494 e. The molecule has 0 aliphatic heterocycles. The van der Waals surface area contributed by atoms with E-state index in [4.69, 9.17) is 4.74 Å². The highest BCUT2D eigenvalue weighted by atomic mass is 16.5. The van der Waals surface area contributed by atoms with Gasteiger partial charge in [-0.3, -0.25) is 4.79 Å². The van der Waals surface area contributed by atoms with Crippen molar-refractivity contribution in [3.63, 3.8) is 0 Å². The molecule has 3 nitrogen and oxygen atoms in total. The Labute approximate surface area is 77.7 Å². The Bertz CT molecular complexity index is 273. The number of anilines is 1. The molecule has 70 valence electrons. The smallest absolute Gasteiger partial charge is 0.211 e. The first-order valence-electron chi connectivity index (χ1n) is 4.30. The van der Waals surface area contributed by atoms with E-state index in [-0.39, 0.29) is 0 Å². The van der Waals surface area contributed by atoms with Gasteiger partial charge in [-0.2, -0.15) is 0 Å². The van der Waals surface area contributed by atoms with Gasteiger partial charge in [0.25, 0.3) is 0 Å². The summed E-state index contributed by atoms with van der Waals surface area (Å²) in [7, 11) is 0. The fourth-order valence-electron chi connectivity index (χ4n) is 0.964. The summed E-state index contributed by atoms with van der Waals surface area (Å²) in [6.45, 7) is 2.75. The molecule has 0 aromatic heterocycles. The maximum Gasteiger partial charge on any atom is 0.211 e. The normalized spacial score (nSPS) is 9.31. The summed E-state index contributed by atoms with van der Waals surface area (Å²) in [6, 6.07) is 7.32. The van der Waals surface area contributed by atoms with Crippen LogP contribution < -0.4 is 10.1 Å². The second-order valence-corrected chi connectivity index (χ2v) is 2.64. The summed E-state index contributed by atoms with van der Waals surface area (Å²) in [5, 5.41) is 2.56. The molecular weight excluding hydrogens is 166 g/mol. The molecule has 1 rings (SSSR count). The lowest BCUT2D eigenvalue weighted by Gasteiger charge is -2.05. The van der Waals surface area contributed by atoms with Gasteiger partial charge in [-0.25, -0.2) is 0 Å². The second kappa shape index (κ2) is 5.19. The number of hydrogen-bond donors (Lipinski definition) is 1. The van der Waals surface area contributed by atoms with Crippen molar-refractivity contribution in [3.8, 4) is 5.75 Å². The van der Waals surface area contributed by atoms with E-state index in [2.05, 4.69) is 5.32 Å². The minimum absolute atomic E-state index is 0.652. The Hall–Kier alpha value is -1.51. The van der Waals surface area contributed by atoms with Gasteiger partial charge < -0.3 is 10.1 Å². The molecule has 0 radical (unpaired) electrons. The van der Waals surface area contributed by atoms with E-state index >= 15 is 0 Å². The highest BCUT2D eigenvalue weighted by Gasteiger charge is 1.94. The van der Waals surface area contributed by atoms with Crippen molar-refractivity contribution in [2.24, 2.45) is 0 Å². The van der Waals surface area contributed by atoms with Gasteiger partial charge in [0.1, 0.15) is 5.75 Å². The molecule has 0 spiro atoms. The van der Waals surface area contributed by atoms with Crippen LogP contribution in [0.5, 0.6) is 5.75 Å². The van der Waals surface area contributed by atoms with Crippen molar-refractivity contribution in [2.45, 2.75) is 13.3 Å². The molecule has 0 bridgehead atoms. The number of carbonyl (C=O) groups excluding carboxylic acids is 1. The molecule has 3 heteroatoms. The third-order valence-electron chi connectivity index (χ3n) is 1.53. The number of hydrogen-bond acceptors (Lipinski definition) is 2. The lowest BCUT2D eigenvalue weighted by molar-refractivity contribution is -0.105. The van der Waals surface area contributed by atoms with Crippen LogP contribution in [0.4, 0.5) is 5.69 Å². The minimum atomic E-state index is 0.652. The zero-order chi connectivity index (χ0) is 9.52. The molecular formula is C10H13NO2. The number of rotatable bonds is 5. The van der Waals surface area contributed by atoms with Crippen molar-refractivity contribution in [1.29, 1.82) is 0 Å². The predicted octanol–water partition coefficient (Wildman–Crippen LogP) is 2.04. The Morgan fingerprint density at radius 2 is 2.38 bits per heavy atom. The summed E-state index contributed by atoms with van der Waals surface area (Å²) in [6.07, 6.45) is 1.63. The molecule has 0 fully saturated rings. The van der Waals surface area contributed by atoms with Crippen LogP contribution in [-0.2, 0) is 4.79 Å². The molecule has 0 aliphatic carbocycles. The van der Waals surface area contributed by atoms with Crippen LogP contribution in [0.15, 0.2) is 24.3 Å². The lowest BCUT2D eigenvalue weighted by Crippen LogP contribution is -1.97. The first kappa shape index (κ1) is 9.58. The van der Waals surface area contributed by atoms with Gasteiger partial charge in [0.05, 0.1) is 6.61 Å². The summed E-state index contributed by atoms with van der Waals surface area (Å²) in [5.41, 5.74) is 0.753. The largest absolute Gasteiger partial charge is 0.494 e. The zero-order valence-electron chi connectivity index (χ0n) is 7.62. The molecule has 0 atom stereocenters. The average Bonchev–Trinajstić information content (AvgIpc) is 2.16. The van der Waals surface area contributed by atoms with Crippen molar-refractivity contribution < 1.29 is 9.53 Å². The maximum absolute atomic E-state index is 10.1. The molecule has 0 saturated carbocycles. The zero-order valence-corrected chi connectivity index (χ0v) is 7.62. The van der Waals surface area contributed by atoms with Gasteiger partial charge in [-0.05, 0) is 18.6 Å². The average molecular weight is 179 g/mol. The van der Waals surface area contributed by atoms with Crippen molar-refractivity contribution >= 4 is 12.1 Å². The summed E-state index contributed by atoms with van der Waals surface area (Å²) in [5.74, 6) is 0.786. The van der Waals surface area contributed by atoms with E-state index in [0.717, 1.165) is 17.9 Å². The third-order valence-corrected chi connectivity index (χ3v) is 1.53. The Balaban J connectivity index is 2.61. The van der Waals surface area contributed by atoms with Crippen LogP contribution in [0.1, 0.15) is 13.3 Å². The standard InChI is InChI=1S/C10H13NO2/c1-2-6-13-10-5-3-4-9(7-10)11-8-12/h3-5,7-8H,2,6H2,1H3,(H,11,12). The van der Waals surface area contributed by atoms with Crippen molar-refractivity contribution in [1.82, 2.24) is 0 Å². The van der Waals surface area contributed by atoms with Gasteiger partial charge in [0.15, 0.2) is 0 Å². The van der Waals surface area contributed by atoms with E-state index in [9.17, 15) is 4.79 Å². The van der Waals surface area contributed by atoms with Gasteiger partial charge in [-0.1, -0.05) is 13.0 Å². The highest BCUT2D eigenvalue weighted by molar-refractivity contribution is 5.71. The summed E-state index contributed by atoms with van der Waals surface area (Å²) < 4.78 is 5.39. The molecule has 0 saturated heterocycles. The highest BCUT2D eigenvalue weighted by Crippen LogP contribution is 2.16. The molecule has 1 aromatic rings. The van der Waals surface area contributed by atoms with E-state index in [0.29, 0.717) is 13.0 Å². The number of benzene rings is 1. The van der Waals surface area contributed by atoms with E-state index in [1.54, 1.807) is 6.07 Å². The van der Waals surface area contributed by atoms with E-state index in [1.165, 1.54) is 0 Å². The van der Waals surface area contributed by atoms with Crippen LogP contribution in [0.2, 0.25) is 0 Å². The molecule has 0 aliphatic rings. The van der Waals surface area contributed by atoms with Crippen LogP contribution in [0.3, 0.4) is 0 Å². The van der Waals surface area contributed by atoms with Crippen molar-refractivity contribution in [3.05, 3.63) is 24.3 Å². The Morgan fingerprint density at radius 1 is 1.54 bits per heavy atom. The van der Waals surface area contributed by atoms with E-state index in [1.807, 2.05) is 25.1 Å². The SMILES string of the molecule is CCCOc1cccc(NC=O)c1. The second-order valence-electron chi connectivity index (χ2n) is 2.64. The molecule has 1 amide bonds. The molecule has 13 heavy (non-hydrogen) atoms. The summed E-state index contributed by atoms with van der Waals surface area (Å²) >= 11 is 0.